The number of benzene rings is 2. The summed E-state index contributed by atoms with van der Waals surface area (Å²) in [6.45, 7) is 0. The minimum atomic E-state index is -0.374. The number of hydrogen-bond donors (Lipinski definition) is 0. The van der Waals surface area contributed by atoms with Crippen LogP contribution < -0.4 is 9.64 Å². The van der Waals surface area contributed by atoms with Gasteiger partial charge in [-0.1, -0.05) is 16.8 Å². The predicted molar refractivity (Wildman–Crippen MR) is 98.4 cm³/mol. The Morgan fingerprint density at radius 3 is 2.41 bits per heavy atom. The first-order chi connectivity index (χ1) is 13.1. The van der Waals surface area contributed by atoms with Crippen LogP contribution >= 0.6 is 11.6 Å². The van der Waals surface area contributed by atoms with Crippen molar-refractivity contribution >= 4 is 29.1 Å². The molecule has 0 saturated heterocycles. The van der Waals surface area contributed by atoms with Gasteiger partial charge >= 0.3 is 0 Å². The van der Waals surface area contributed by atoms with Crippen molar-refractivity contribution in [1.82, 2.24) is 10.1 Å². The van der Waals surface area contributed by atoms with Gasteiger partial charge in [0.15, 0.2) is 0 Å². The van der Waals surface area contributed by atoms with E-state index in [0.717, 1.165) is 4.90 Å². The summed E-state index contributed by atoms with van der Waals surface area (Å²) in [5.74, 6) is 0.445. The SMILES string of the molecule is COc1ccc(Cl)cc1-c1noc(-c2ccc(N3C(=O)C=CC3=O)cc2)n1. The molecule has 0 aliphatic carbocycles. The Hall–Kier alpha value is -3.45. The molecule has 0 unspecified atom stereocenters. The van der Waals surface area contributed by atoms with E-state index >= 15 is 0 Å². The minimum Gasteiger partial charge on any atom is -0.496 e. The molecule has 0 atom stereocenters. The quantitative estimate of drug-likeness (QED) is 0.643. The number of carbonyl (C=O) groups excluding carboxylic acids is 2. The van der Waals surface area contributed by atoms with Gasteiger partial charge in [-0.2, -0.15) is 4.98 Å². The molecule has 8 heteroatoms. The zero-order valence-corrected chi connectivity index (χ0v) is 14.8. The highest BCUT2D eigenvalue weighted by molar-refractivity contribution is 6.31. The molecule has 0 bridgehead atoms. The van der Waals surface area contributed by atoms with E-state index in [1.807, 2.05) is 0 Å². The maximum atomic E-state index is 11.7. The van der Waals surface area contributed by atoms with Gasteiger partial charge in [0.2, 0.25) is 5.82 Å². The molecule has 0 radical (unpaired) electrons. The van der Waals surface area contributed by atoms with Crippen LogP contribution in [0.25, 0.3) is 22.8 Å². The van der Waals surface area contributed by atoms with Crippen molar-refractivity contribution < 1.29 is 18.8 Å². The van der Waals surface area contributed by atoms with Crippen LogP contribution in [-0.4, -0.2) is 29.1 Å². The molecule has 1 aliphatic heterocycles. The molecule has 0 N–H and O–H groups in total. The Morgan fingerprint density at radius 1 is 1.04 bits per heavy atom. The van der Waals surface area contributed by atoms with Crippen molar-refractivity contribution in [3.8, 4) is 28.6 Å². The third-order valence-electron chi connectivity index (χ3n) is 4.01. The number of methoxy groups -OCH3 is 1. The fraction of sp³-hybridized carbons (Fsp3) is 0.0526. The molecule has 134 valence electrons. The summed E-state index contributed by atoms with van der Waals surface area (Å²) < 4.78 is 10.6. The van der Waals surface area contributed by atoms with Crippen LogP contribution in [0.15, 0.2) is 59.1 Å². The smallest absolute Gasteiger partial charge is 0.258 e. The highest BCUT2D eigenvalue weighted by atomic mass is 35.5. The molecule has 4 rings (SSSR count). The third-order valence-corrected chi connectivity index (χ3v) is 4.25. The first kappa shape index (κ1) is 17.0. The minimum absolute atomic E-state index is 0.288. The molecule has 3 aromatic rings. The number of anilines is 1. The van der Waals surface area contributed by atoms with Crippen molar-refractivity contribution in [3.63, 3.8) is 0 Å². The predicted octanol–water partition coefficient (Wildman–Crippen LogP) is 3.50. The lowest BCUT2D eigenvalue weighted by atomic mass is 10.1. The molecule has 27 heavy (non-hydrogen) atoms. The maximum Gasteiger partial charge on any atom is 0.258 e. The topological polar surface area (TPSA) is 85.5 Å². The van der Waals surface area contributed by atoms with E-state index in [0.29, 0.717) is 33.4 Å². The molecular formula is C19H12ClN3O4. The van der Waals surface area contributed by atoms with Gasteiger partial charge < -0.3 is 9.26 Å². The van der Waals surface area contributed by atoms with E-state index in [-0.39, 0.29) is 17.7 Å². The lowest BCUT2D eigenvalue weighted by molar-refractivity contribution is -0.119. The van der Waals surface area contributed by atoms with Crippen molar-refractivity contribution in [3.05, 3.63) is 59.6 Å². The molecule has 2 heterocycles. The van der Waals surface area contributed by atoms with E-state index in [1.54, 1.807) is 49.6 Å². The van der Waals surface area contributed by atoms with Gasteiger partial charge in [-0.05, 0) is 42.5 Å². The van der Waals surface area contributed by atoms with Gasteiger partial charge in [0, 0.05) is 22.7 Å². The average molecular weight is 382 g/mol. The molecule has 7 nitrogen and oxygen atoms in total. The lowest BCUT2D eigenvalue weighted by Gasteiger charge is -2.13. The summed E-state index contributed by atoms with van der Waals surface area (Å²) in [4.78, 5) is 29.0. The molecule has 0 saturated carbocycles. The number of halogens is 1. The molecule has 2 aromatic carbocycles. The summed E-state index contributed by atoms with van der Waals surface area (Å²) in [7, 11) is 1.54. The largest absolute Gasteiger partial charge is 0.496 e. The second-order valence-corrected chi connectivity index (χ2v) is 6.10. The van der Waals surface area contributed by atoms with E-state index in [1.165, 1.54) is 12.2 Å². The first-order valence-electron chi connectivity index (χ1n) is 7.91. The fourth-order valence-electron chi connectivity index (χ4n) is 2.71. The summed E-state index contributed by atoms with van der Waals surface area (Å²) in [6.07, 6.45) is 2.47. The molecule has 1 aliphatic rings. The summed E-state index contributed by atoms with van der Waals surface area (Å²) in [5.41, 5.74) is 1.72. The zero-order valence-electron chi connectivity index (χ0n) is 14.0. The number of nitrogens with zero attached hydrogens (tertiary/aromatic N) is 3. The molecular weight excluding hydrogens is 370 g/mol. The summed E-state index contributed by atoms with van der Waals surface area (Å²) >= 11 is 6.04. The number of ether oxygens (including phenoxy) is 1. The number of amides is 2. The lowest BCUT2D eigenvalue weighted by Crippen LogP contribution is -2.29. The average Bonchev–Trinajstić information content (AvgIpc) is 3.29. The molecule has 1 aromatic heterocycles. The van der Waals surface area contributed by atoms with Crippen molar-refractivity contribution in [2.45, 2.75) is 0 Å². The first-order valence-corrected chi connectivity index (χ1v) is 8.29. The monoisotopic (exact) mass is 381 g/mol. The van der Waals surface area contributed by atoms with Gasteiger partial charge in [-0.25, -0.2) is 4.90 Å². The van der Waals surface area contributed by atoms with Gasteiger partial charge in [0.25, 0.3) is 17.7 Å². The van der Waals surface area contributed by atoms with Crippen LogP contribution in [0.3, 0.4) is 0 Å². The van der Waals surface area contributed by atoms with E-state index in [9.17, 15) is 9.59 Å². The molecule has 0 fully saturated rings. The van der Waals surface area contributed by atoms with Crippen LogP contribution in [-0.2, 0) is 9.59 Å². The van der Waals surface area contributed by atoms with Crippen LogP contribution in [0.4, 0.5) is 5.69 Å². The number of carbonyl (C=O) groups is 2. The standard InChI is InChI=1S/C19H12ClN3O4/c1-26-15-7-4-12(20)10-14(15)18-21-19(27-22-18)11-2-5-13(6-3-11)23-16(24)8-9-17(23)25/h2-10H,1H3. The van der Waals surface area contributed by atoms with E-state index in [4.69, 9.17) is 20.9 Å². The Morgan fingerprint density at radius 2 is 1.74 bits per heavy atom. The highest BCUT2D eigenvalue weighted by Gasteiger charge is 2.25. The van der Waals surface area contributed by atoms with Gasteiger partial charge in [-0.3, -0.25) is 9.59 Å². The zero-order chi connectivity index (χ0) is 19.0. The van der Waals surface area contributed by atoms with Crippen molar-refractivity contribution in [1.29, 1.82) is 0 Å². The van der Waals surface area contributed by atoms with Crippen molar-refractivity contribution in [2.24, 2.45) is 0 Å². The Labute approximate surface area is 158 Å². The number of aromatic nitrogens is 2. The fourth-order valence-corrected chi connectivity index (χ4v) is 2.88. The van der Waals surface area contributed by atoms with Crippen LogP contribution in [0, 0.1) is 0 Å². The third kappa shape index (κ3) is 3.09. The summed E-state index contributed by atoms with van der Waals surface area (Å²) in [5, 5.41) is 4.51. The number of rotatable bonds is 4. The van der Waals surface area contributed by atoms with Crippen LogP contribution in [0.5, 0.6) is 5.75 Å². The van der Waals surface area contributed by atoms with Gasteiger partial charge in [0.05, 0.1) is 18.4 Å². The maximum absolute atomic E-state index is 11.7. The Kier molecular flexibility index (Phi) is 4.21. The van der Waals surface area contributed by atoms with E-state index in [2.05, 4.69) is 10.1 Å². The molecule has 2 amide bonds. The Bertz CT molecular complexity index is 1050. The highest BCUT2D eigenvalue weighted by Crippen LogP contribution is 2.32. The Balaban J connectivity index is 1.64. The second kappa shape index (κ2) is 6.69. The van der Waals surface area contributed by atoms with Crippen LogP contribution in [0.1, 0.15) is 0 Å². The summed E-state index contributed by atoms with van der Waals surface area (Å²) in [6, 6.07) is 11.8. The van der Waals surface area contributed by atoms with Crippen molar-refractivity contribution in [2.75, 3.05) is 12.0 Å². The second-order valence-electron chi connectivity index (χ2n) is 5.66. The number of imide groups is 1. The normalized spacial score (nSPS) is 13.5. The van der Waals surface area contributed by atoms with E-state index < -0.39 is 0 Å². The van der Waals surface area contributed by atoms with Gasteiger partial charge in [-0.15, -0.1) is 0 Å². The number of hydrogen-bond acceptors (Lipinski definition) is 6. The van der Waals surface area contributed by atoms with Crippen LogP contribution in [0.2, 0.25) is 5.02 Å². The van der Waals surface area contributed by atoms with Gasteiger partial charge in [0.1, 0.15) is 5.75 Å². The molecule has 0 spiro atoms.